The van der Waals surface area contributed by atoms with E-state index in [0.29, 0.717) is 0 Å². The molecule has 0 aliphatic rings. The molecule has 0 aliphatic carbocycles. The Morgan fingerprint density at radius 1 is 0.895 bits per heavy atom. The van der Waals surface area contributed by atoms with Crippen LogP contribution in [0.3, 0.4) is 0 Å². The van der Waals surface area contributed by atoms with Crippen molar-refractivity contribution in [2.75, 3.05) is 0 Å². The van der Waals surface area contributed by atoms with Gasteiger partial charge in [0.2, 0.25) is 34.8 Å². The van der Waals surface area contributed by atoms with E-state index in [2.05, 4.69) is 4.74 Å². The number of carbonyl (C=O) groups excluding carboxylic acids is 1. The van der Waals surface area contributed by atoms with E-state index in [1.54, 1.807) is 13.0 Å². The molecule has 102 valence electrons. The summed E-state index contributed by atoms with van der Waals surface area (Å²) in [5.74, 6) is -14.0. The molecule has 0 atom stereocenters. The Bertz CT molecular complexity index is 535. The van der Waals surface area contributed by atoms with Crippen molar-refractivity contribution in [2.45, 2.75) is 6.92 Å². The van der Waals surface area contributed by atoms with Crippen LogP contribution in [0.25, 0.3) is 0 Å². The fourth-order valence-corrected chi connectivity index (χ4v) is 1.05. The first kappa shape index (κ1) is 14.9. The third kappa shape index (κ3) is 3.18. The van der Waals surface area contributed by atoms with Gasteiger partial charge < -0.3 is 4.74 Å². The Kier molecular flexibility index (Phi) is 4.80. The normalized spacial score (nSPS) is 11.5. The van der Waals surface area contributed by atoms with E-state index in [0.717, 1.165) is 6.08 Å². The molecule has 0 unspecified atom stereocenters. The number of esters is 1. The summed E-state index contributed by atoms with van der Waals surface area (Å²) in [5, 5.41) is 0. The molecule has 0 fully saturated rings. The lowest BCUT2D eigenvalue weighted by Crippen LogP contribution is -2.11. The standard InChI is InChI=1S/C12H7F5O2/c1-2-3-4-5-6(18)19-12-10(16)8(14)7(13)9(15)11(12)17/h2-5H,1H3/b3-2-,5-4+. The van der Waals surface area contributed by atoms with Crippen LogP contribution in [0, 0.1) is 29.1 Å². The topological polar surface area (TPSA) is 26.3 Å². The van der Waals surface area contributed by atoms with Crippen molar-refractivity contribution in [3.8, 4) is 5.75 Å². The molecule has 0 saturated carbocycles. The van der Waals surface area contributed by atoms with Crippen LogP contribution in [-0.4, -0.2) is 5.97 Å². The number of hydrogen-bond donors (Lipinski definition) is 0. The quantitative estimate of drug-likeness (QED) is 0.161. The minimum absolute atomic E-state index is 0.762. The predicted molar refractivity (Wildman–Crippen MR) is 55.8 cm³/mol. The number of halogens is 5. The van der Waals surface area contributed by atoms with Crippen LogP contribution in [0.15, 0.2) is 24.3 Å². The van der Waals surface area contributed by atoms with Gasteiger partial charge in [0.25, 0.3) is 0 Å². The van der Waals surface area contributed by atoms with Crippen molar-refractivity contribution < 1.29 is 31.5 Å². The van der Waals surface area contributed by atoms with Gasteiger partial charge in [-0.15, -0.1) is 0 Å². The second-order valence-corrected chi connectivity index (χ2v) is 3.21. The van der Waals surface area contributed by atoms with E-state index >= 15 is 0 Å². The molecular formula is C12H7F5O2. The van der Waals surface area contributed by atoms with Crippen molar-refractivity contribution >= 4 is 5.97 Å². The van der Waals surface area contributed by atoms with Crippen LogP contribution < -0.4 is 4.74 Å². The molecule has 0 bridgehead atoms. The zero-order chi connectivity index (χ0) is 14.6. The van der Waals surface area contributed by atoms with Crippen molar-refractivity contribution in [1.29, 1.82) is 0 Å². The Balaban J connectivity index is 3.12. The van der Waals surface area contributed by atoms with Crippen LogP contribution in [0.2, 0.25) is 0 Å². The van der Waals surface area contributed by atoms with Crippen LogP contribution in [0.4, 0.5) is 22.0 Å². The molecule has 0 radical (unpaired) electrons. The Morgan fingerprint density at radius 3 is 1.84 bits per heavy atom. The van der Waals surface area contributed by atoms with Gasteiger partial charge in [-0.25, -0.2) is 18.0 Å². The number of rotatable bonds is 3. The first-order chi connectivity index (χ1) is 8.90. The minimum Gasteiger partial charge on any atom is -0.417 e. The Morgan fingerprint density at radius 2 is 1.37 bits per heavy atom. The summed E-state index contributed by atoms with van der Waals surface area (Å²) in [5.41, 5.74) is 0. The van der Waals surface area contributed by atoms with Crippen LogP contribution in [0.5, 0.6) is 5.75 Å². The monoisotopic (exact) mass is 278 g/mol. The minimum atomic E-state index is -2.32. The van der Waals surface area contributed by atoms with Gasteiger partial charge >= 0.3 is 5.97 Å². The molecule has 0 N–H and O–H groups in total. The summed E-state index contributed by atoms with van der Waals surface area (Å²) >= 11 is 0. The van der Waals surface area contributed by atoms with Gasteiger partial charge in [-0.3, -0.25) is 0 Å². The van der Waals surface area contributed by atoms with Gasteiger partial charge in [-0.05, 0) is 6.92 Å². The van der Waals surface area contributed by atoms with E-state index in [1.165, 1.54) is 12.2 Å². The Labute approximate surface area is 104 Å². The van der Waals surface area contributed by atoms with Crippen molar-refractivity contribution in [3.05, 3.63) is 53.4 Å². The van der Waals surface area contributed by atoms with E-state index in [4.69, 9.17) is 0 Å². The summed E-state index contributed by atoms with van der Waals surface area (Å²) in [4.78, 5) is 11.1. The molecule has 1 aromatic carbocycles. The number of benzene rings is 1. The molecule has 0 saturated heterocycles. The van der Waals surface area contributed by atoms with Gasteiger partial charge in [-0.1, -0.05) is 18.2 Å². The SMILES string of the molecule is C/C=C\C=C\C(=O)Oc1c(F)c(F)c(F)c(F)c1F. The molecule has 1 aromatic rings. The van der Waals surface area contributed by atoms with Gasteiger partial charge in [-0.2, -0.15) is 8.78 Å². The summed E-state index contributed by atoms with van der Waals surface area (Å²) in [6, 6.07) is 0. The highest BCUT2D eigenvalue weighted by Crippen LogP contribution is 2.29. The maximum Gasteiger partial charge on any atom is 0.336 e. The van der Waals surface area contributed by atoms with E-state index < -0.39 is 40.8 Å². The first-order valence-electron chi connectivity index (χ1n) is 4.92. The van der Waals surface area contributed by atoms with Crippen molar-refractivity contribution in [1.82, 2.24) is 0 Å². The van der Waals surface area contributed by atoms with Crippen LogP contribution in [-0.2, 0) is 4.79 Å². The fraction of sp³-hybridized carbons (Fsp3) is 0.0833. The number of carbonyl (C=O) groups is 1. The van der Waals surface area contributed by atoms with Crippen LogP contribution >= 0.6 is 0 Å². The lowest BCUT2D eigenvalue weighted by molar-refractivity contribution is -0.129. The maximum absolute atomic E-state index is 13.1. The molecule has 2 nitrogen and oxygen atoms in total. The second-order valence-electron chi connectivity index (χ2n) is 3.21. The average molecular weight is 278 g/mol. The molecule has 0 amide bonds. The molecule has 0 spiro atoms. The lowest BCUT2D eigenvalue weighted by atomic mass is 10.2. The fourth-order valence-electron chi connectivity index (χ4n) is 1.05. The highest BCUT2D eigenvalue weighted by molar-refractivity contribution is 5.84. The number of hydrogen-bond acceptors (Lipinski definition) is 2. The third-order valence-corrected chi connectivity index (χ3v) is 1.91. The third-order valence-electron chi connectivity index (χ3n) is 1.91. The number of ether oxygens (including phenoxy) is 1. The largest absolute Gasteiger partial charge is 0.417 e. The highest BCUT2D eigenvalue weighted by atomic mass is 19.2. The second kappa shape index (κ2) is 6.12. The van der Waals surface area contributed by atoms with Crippen LogP contribution in [0.1, 0.15) is 6.92 Å². The lowest BCUT2D eigenvalue weighted by Gasteiger charge is -2.06. The molecule has 1 rings (SSSR count). The summed E-state index contributed by atoms with van der Waals surface area (Å²) in [7, 11) is 0. The van der Waals surface area contributed by atoms with E-state index in [9.17, 15) is 26.7 Å². The summed E-state index contributed by atoms with van der Waals surface area (Å²) < 4.78 is 68.6. The van der Waals surface area contributed by atoms with Gasteiger partial charge in [0.05, 0.1) is 0 Å². The summed E-state index contributed by atoms with van der Waals surface area (Å²) in [6.07, 6.45) is 4.88. The zero-order valence-corrected chi connectivity index (χ0v) is 9.52. The summed E-state index contributed by atoms with van der Waals surface area (Å²) in [6.45, 7) is 1.64. The number of allylic oxidation sites excluding steroid dienone is 3. The van der Waals surface area contributed by atoms with Gasteiger partial charge in [0, 0.05) is 6.08 Å². The molecule has 0 aliphatic heterocycles. The predicted octanol–water partition coefficient (Wildman–Crippen LogP) is 3.42. The average Bonchev–Trinajstić information content (AvgIpc) is 2.39. The van der Waals surface area contributed by atoms with Crippen molar-refractivity contribution in [2.24, 2.45) is 0 Å². The molecule has 0 aromatic heterocycles. The maximum atomic E-state index is 13.1. The smallest absolute Gasteiger partial charge is 0.336 e. The zero-order valence-electron chi connectivity index (χ0n) is 9.52. The highest BCUT2D eigenvalue weighted by Gasteiger charge is 2.28. The Hall–Kier alpha value is -2.18. The van der Waals surface area contributed by atoms with E-state index in [-0.39, 0.29) is 0 Å². The van der Waals surface area contributed by atoms with Gasteiger partial charge in [0.1, 0.15) is 0 Å². The van der Waals surface area contributed by atoms with Crippen molar-refractivity contribution in [3.63, 3.8) is 0 Å². The molecular weight excluding hydrogens is 271 g/mol. The first-order valence-corrected chi connectivity index (χ1v) is 4.92. The van der Waals surface area contributed by atoms with E-state index in [1.807, 2.05) is 0 Å². The molecule has 0 heterocycles. The molecule has 7 heteroatoms. The van der Waals surface area contributed by atoms with Gasteiger partial charge in [0.15, 0.2) is 0 Å². The molecule has 19 heavy (non-hydrogen) atoms.